The molecule has 0 unspecified atom stereocenters. The molecule has 2 heteroatoms. The van der Waals surface area contributed by atoms with Gasteiger partial charge < -0.3 is 0 Å². The van der Waals surface area contributed by atoms with Crippen molar-refractivity contribution in [3.05, 3.63) is 35.9 Å². The van der Waals surface area contributed by atoms with Gasteiger partial charge in [0.05, 0.1) is 0 Å². The summed E-state index contributed by atoms with van der Waals surface area (Å²) >= 11 is 0. The number of carbonyl (C=O) groups excluding carboxylic acids is 1. The molecule has 75 valence electrons. The normalized spacial score (nSPS) is 15.1. The van der Waals surface area contributed by atoms with Gasteiger partial charge in [-0.25, -0.2) is 0 Å². The van der Waals surface area contributed by atoms with E-state index in [1.165, 1.54) is 0 Å². The van der Waals surface area contributed by atoms with E-state index in [1.54, 1.807) is 0 Å². The van der Waals surface area contributed by atoms with E-state index in [1.807, 2.05) is 56.3 Å². The van der Waals surface area contributed by atoms with Crippen LogP contribution in [0.3, 0.4) is 0 Å². The van der Waals surface area contributed by atoms with Gasteiger partial charge >= 0.3 is 0 Å². The second-order valence-electron chi connectivity index (χ2n) is 3.58. The molecule has 14 heavy (non-hydrogen) atoms. The third-order valence-electron chi connectivity index (χ3n) is 2.70. The first kappa shape index (κ1) is 10.9. The van der Waals surface area contributed by atoms with E-state index in [0.717, 1.165) is 12.0 Å². The molecule has 0 aliphatic heterocycles. The molecular formula is C12H16NO. The van der Waals surface area contributed by atoms with E-state index in [0.29, 0.717) is 0 Å². The Morgan fingerprint density at radius 3 is 2.21 bits per heavy atom. The van der Waals surface area contributed by atoms with Crippen molar-refractivity contribution in [3.8, 4) is 0 Å². The molecule has 0 aliphatic carbocycles. The molecule has 1 aromatic carbocycles. The van der Waals surface area contributed by atoms with Gasteiger partial charge in [0.2, 0.25) is 6.29 Å². The van der Waals surface area contributed by atoms with Crippen LogP contribution in [0.5, 0.6) is 0 Å². The average molecular weight is 190 g/mol. The number of benzene rings is 1. The van der Waals surface area contributed by atoms with Gasteiger partial charge in [-0.2, -0.15) is 0 Å². The van der Waals surface area contributed by atoms with E-state index in [4.69, 9.17) is 0 Å². The number of likely N-dealkylation sites (N-methyl/N-ethyl adjacent to an activating group) is 1. The fraction of sp³-hybridized carbons (Fsp3) is 0.417. The molecule has 1 rings (SSSR count). The van der Waals surface area contributed by atoms with Crippen LogP contribution in [0.25, 0.3) is 0 Å². The highest BCUT2D eigenvalue weighted by atomic mass is 16.1. The number of nitrogens with zero attached hydrogens (tertiary/aromatic N) is 1. The van der Waals surface area contributed by atoms with Crippen molar-refractivity contribution in [3.63, 3.8) is 0 Å². The second-order valence-corrected chi connectivity index (χ2v) is 3.58. The maximum absolute atomic E-state index is 11.1. The average Bonchev–Trinajstić information content (AvgIpc) is 2.22. The highest BCUT2D eigenvalue weighted by molar-refractivity contribution is 5.68. The molecule has 0 bridgehead atoms. The fourth-order valence-electron chi connectivity index (χ4n) is 1.71. The van der Waals surface area contributed by atoms with Crippen molar-refractivity contribution >= 4 is 6.29 Å². The minimum Gasteiger partial charge on any atom is -0.293 e. The summed E-state index contributed by atoms with van der Waals surface area (Å²) in [5.41, 5.74) is 0.406. The van der Waals surface area contributed by atoms with Gasteiger partial charge in [0, 0.05) is 0 Å². The Morgan fingerprint density at radius 1 is 1.29 bits per heavy atom. The largest absolute Gasteiger partial charge is 0.293 e. The van der Waals surface area contributed by atoms with Crippen molar-refractivity contribution in [2.24, 2.45) is 0 Å². The molecule has 0 saturated heterocycles. The highest BCUT2D eigenvalue weighted by Gasteiger charge is 2.33. The Balaban J connectivity index is 3.17. The molecule has 0 spiro atoms. The highest BCUT2D eigenvalue weighted by Crippen LogP contribution is 2.27. The van der Waals surface area contributed by atoms with E-state index >= 15 is 0 Å². The zero-order chi connectivity index (χ0) is 10.6. The first-order chi connectivity index (χ1) is 6.67. The van der Waals surface area contributed by atoms with Gasteiger partial charge in [-0.3, -0.25) is 9.69 Å². The summed E-state index contributed by atoms with van der Waals surface area (Å²) in [6, 6.07) is 9.77. The minimum atomic E-state index is -0.596. The molecular weight excluding hydrogens is 174 g/mol. The smallest absolute Gasteiger partial charge is 0.225 e. The summed E-state index contributed by atoms with van der Waals surface area (Å²) in [5.74, 6) is 0. The molecule has 0 aliphatic rings. The van der Waals surface area contributed by atoms with Crippen LogP contribution in [0.4, 0.5) is 0 Å². The molecule has 0 aromatic heterocycles. The maximum atomic E-state index is 11.1. The van der Waals surface area contributed by atoms with Crippen molar-refractivity contribution in [2.45, 2.75) is 18.9 Å². The molecule has 0 fully saturated rings. The Hall–Kier alpha value is -1.15. The lowest BCUT2D eigenvalue weighted by molar-refractivity contribution is 0.217. The van der Waals surface area contributed by atoms with E-state index in [9.17, 15) is 4.79 Å². The zero-order valence-corrected chi connectivity index (χ0v) is 8.95. The summed E-state index contributed by atoms with van der Waals surface area (Å²) in [6.45, 7) is 2.00. The van der Waals surface area contributed by atoms with Gasteiger partial charge in [-0.05, 0) is 26.1 Å². The summed E-state index contributed by atoms with van der Waals surface area (Å²) in [4.78, 5) is 13.0. The lowest BCUT2D eigenvalue weighted by Gasteiger charge is -2.33. The van der Waals surface area contributed by atoms with Crippen LogP contribution >= 0.6 is 0 Å². The summed E-state index contributed by atoms with van der Waals surface area (Å²) in [6.07, 6.45) is 2.89. The third-order valence-corrected chi connectivity index (χ3v) is 2.70. The second kappa shape index (κ2) is 4.38. The van der Waals surface area contributed by atoms with Crippen molar-refractivity contribution in [1.82, 2.24) is 4.90 Å². The zero-order valence-electron chi connectivity index (χ0n) is 8.95. The van der Waals surface area contributed by atoms with Crippen molar-refractivity contribution < 1.29 is 4.79 Å². The Kier molecular flexibility index (Phi) is 3.42. The number of hydrogen-bond donors (Lipinski definition) is 0. The summed E-state index contributed by atoms with van der Waals surface area (Å²) in [7, 11) is 3.81. The summed E-state index contributed by atoms with van der Waals surface area (Å²) < 4.78 is 0. The Labute approximate surface area is 85.5 Å². The first-order valence-corrected chi connectivity index (χ1v) is 4.79. The van der Waals surface area contributed by atoms with E-state index in [2.05, 4.69) is 6.29 Å². The molecule has 2 nitrogen and oxygen atoms in total. The van der Waals surface area contributed by atoms with E-state index < -0.39 is 5.54 Å². The van der Waals surface area contributed by atoms with Crippen LogP contribution in [0.2, 0.25) is 0 Å². The Bertz CT molecular complexity index is 294. The van der Waals surface area contributed by atoms with Gasteiger partial charge in [0.1, 0.15) is 5.54 Å². The number of hydrogen-bond acceptors (Lipinski definition) is 2. The predicted octanol–water partition coefficient (Wildman–Crippen LogP) is 1.96. The van der Waals surface area contributed by atoms with Gasteiger partial charge in [0.15, 0.2) is 0 Å². The van der Waals surface area contributed by atoms with Crippen molar-refractivity contribution in [1.29, 1.82) is 0 Å². The predicted molar refractivity (Wildman–Crippen MR) is 57.8 cm³/mol. The first-order valence-electron chi connectivity index (χ1n) is 4.79. The van der Waals surface area contributed by atoms with Crippen LogP contribution in [-0.4, -0.2) is 25.3 Å². The molecule has 0 saturated carbocycles. The lowest BCUT2D eigenvalue weighted by Crippen LogP contribution is -2.42. The number of rotatable bonds is 4. The van der Waals surface area contributed by atoms with Crippen molar-refractivity contribution in [2.75, 3.05) is 14.1 Å². The quantitative estimate of drug-likeness (QED) is 0.723. The SMILES string of the molecule is CC[C@@]([C]=O)(c1ccccc1)N(C)C. The topological polar surface area (TPSA) is 20.3 Å². The molecule has 0 heterocycles. The van der Waals surface area contributed by atoms with Crippen LogP contribution in [0, 0.1) is 0 Å². The minimum absolute atomic E-state index is 0.596. The van der Waals surface area contributed by atoms with Gasteiger partial charge in [-0.15, -0.1) is 0 Å². The molecule has 0 amide bonds. The fourth-order valence-corrected chi connectivity index (χ4v) is 1.71. The molecule has 1 atom stereocenters. The van der Waals surface area contributed by atoms with Gasteiger partial charge in [-0.1, -0.05) is 37.3 Å². The maximum Gasteiger partial charge on any atom is 0.225 e. The lowest BCUT2D eigenvalue weighted by atomic mass is 9.87. The Morgan fingerprint density at radius 2 is 1.86 bits per heavy atom. The van der Waals surface area contributed by atoms with Crippen LogP contribution in [0.15, 0.2) is 30.3 Å². The van der Waals surface area contributed by atoms with Crippen LogP contribution in [-0.2, 0) is 10.3 Å². The van der Waals surface area contributed by atoms with Crippen LogP contribution in [0.1, 0.15) is 18.9 Å². The van der Waals surface area contributed by atoms with Gasteiger partial charge in [0.25, 0.3) is 0 Å². The summed E-state index contributed by atoms with van der Waals surface area (Å²) in [5, 5.41) is 0. The van der Waals surface area contributed by atoms with E-state index in [-0.39, 0.29) is 0 Å². The molecule has 1 radical (unpaired) electrons. The molecule has 0 N–H and O–H groups in total. The molecule has 1 aromatic rings. The third kappa shape index (κ3) is 1.70. The monoisotopic (exact) mass is 190 g/mol. The standard InChI is InChI=1S/C12H16NO/c1-4-12(10-14,13(2)3)11-8-6-5-7-9-11/h5-9H,4H2,1-3H3/t12-/m1/s1. The van der Waals surface area contributed by atoms with Crippen LogP contribution < -0.4 is 0 Å².